The molecule has 154 valence electrons. The molecule has 29 heavy (non-hydrogen) atoms. The Hall–Kier alpha value is -2.53. The minimum Gasteiger partial charge on any atom is -0.375 e. The van der Waals surface area contributed by atoms with Crippen molar-refractivity contribution in [1.82, 2.24) is 9.80 Å². The summed E-state index contributed by atoms with van der Waals surface area (Å²) < 4.78 is 0. The van der Waals surface area contributed by atoms with Crippen LogP contribution >= 0.6 is 11.6 Å². The first kappa shape index (κ1) is 21.2. The third kappa shape index (κ3) is 5.51. The van der Waals surface area contributed by atoms with E-state index in [1.165, 1.54) is 0 Å². The van der Waals surface area contributed by atoms with Crippen LogP contribution in [-0.2, 0) is 4.79 Å². The van der Waals surface area contributed by atoms with E-state index in [0.717, 1.165) is 37.1 Å². The van der Waals surface area contributed by atoms with Crippen LogP contribution in [0.1, 0.15) is 36.5 Å². The highest BCUT2D eigenvalue weighted by Gasteiger charge is 2.29. The van der Waals surface area contributed by atoms with Crippen LogP contribution in [0.5, 0.6) is 0 Å². The summed E-state index contributed by atoms with van der Waals surface area (Å²) in [5.74, 6) is 0.136. The topological polar surface area (TPSA) is 52.7 Å². The monoisotopic (exact) mass is 413 g/mol. The van der Waals surface area contributed by atoms with Crippen molar-refractivity contribution in [2.75, 3.05) is 31.5 Å². The molecule has 0 atom stereocenters. The van der Waals surface area contributed by atoms with Crippen LogP contribution in [0.25, 0.3) is 0 Å². The van der Waals surface area contributed by atoms with E-state index < -0.39 is 0 Å². The van der Waals surface area contributed by atoms with E-state index in [4.69, 9.17) is 11.6 Å². The summed E-state index contributed by atoms with van der Waals surface area (Å²) in [6.07, 6.45) is 2.51. The second-order valence-electron chi connectivity index (χ2n) is 7.31. The average Bonchev–Trinajstić information content (AvgIpc) is 2.77. The summed E-state index contributed by atoms with van der Waals surface area (Å²) in [4.78, 5) is 29.4. The van der Waals surface area contributed by atoms with Crippen molar-refractivity contribution < 1.29 is 9.59 Å². The highest BCUT2D eigenvalue weighted by atomic mass is 35.5. The Morgan fingerprint density at radius 1 is 1.07 bits per heavy atom. The fraction of sp³-hybridized carbons (Fsp3) is 0.391. The number of carbonyl (C=O) groups is 2. The summed E-state index contributed by atoms with van der Waals surface area (Å²) in [7, 11) is 0. The molecule has 3 rings (SSSR count). The number of carbonyl (C=O) groups excluding carboxylic acids is 2. The Bertz CT molecular complexity index is 820. The molecule has 0 bridgehead atoms. The molecule has 1 N–H and O–H groups in total. The van der Waals surface area contributed by atoms with Gasteiger partial charge in [0.05, 0.1) is 17.3 Å². The predicted molar refractivity (Wildman–Crippen MR) is 117 cm³/mol. The van der Waals surface area contributed by atoms with Crippen LogP contribution < -0.4 is 5.32 Å². The van der Waals surface area contributed by atoms with E-state index >= 15 is 0 Å². The lowest BCUT2D eigenvalue weighted by atomic mass is 10.0. The second kappa shape index (κ2) is 10.3. The summed E-state index contributed by atoms with van der Waals surface area (Å²) in [6.45, 7) is 4.36. The molecule has 0 spiro atoms. The van der Waals surface area contributed by atoms with Gasteiger partial charge in [-0.05, 0) is 43.5 Å². The minimum atomic E-state index is 0.0674. The van der Waals surface area contributed by atoms with Gasteiger partial charge in [0.15, 0.2) is 0 Å². The number of likely N-dealkylation sites (tertiary alicyclic amines) is 1. The van der Waals surface area contributed by atoms with Crippen molar-refractivity contribution in [2.24, 2.45) is 0 Å². The van der Waals surface area contributed by atoms with Crippen LogP contribution in [0, 0.1) is 0 Å². The molecule has 2 aromatic rings. The van der Waals surface area contributed by atoms with Crippen molar-refractivity contribution in [3.63, 3.8) is 0 Å². The molecule has 5 nitrogen and oxygen atoms in total. The standard InChI is InChI=1S/C23H28ClN3O2/c1-2-14-27(22(28)17-25-21-11-7-6-10-20(21)24)19-12-15-26(16-13-19)23(29)18-8-4-3-5-9-18/h3-11,19,25H,2,12-17H2,1H3. The molecule has 0 radical (unpaired) electrons. The number of hydrogen-bond acceptors (Lipinski definition) is 3. The molecule has 0 aromatic heterocycles. The van der Waals surface area contributed by atoms with Crippen LogP contribution in [0.15, 0.2) is 54.6 Å². The van der Waals surface area contributed by atoms with Gasteiger partial charge in [0.25, 0.3) is 5.91 Å². The SMILES string of the molecule is CCCN(C(=O)CNc1ccccc1Cl)C1CCN(C(=O)c2ccccc2)CC1. The summed E-state index contributed by atoms with van der Waals surface area (Å²) in [6, 6.07) is 17.0. The first-order valence-corrected chi connectivity index (χ1v) is 10.6. The van der Waals surface area contributed by atoms with Crippen molar-refractivity contribution in [3.05, 3.63) is 65.2 Å². The van der Waals surface area contributed by atoms with Gasteiger partial charge < -0.3 is 15.1 Å². The molecular weight excluding hydrogens is 386 g/mol. The number of halogens is 1. The van der Waals surface area contributed by atoms with E-state index in [-0.39, 0.29) is 24.4 Å². The van der Waals surface area contributed by atoms with Crippen molar-refractivity contribution >= 4 is 29.1 Å². The van der Waals surface area contributed by atoms with Gasteiger partial charge in [0, 0.05) is 31.2 Å². The van der Waals surface area contributed by atoms with Gasteiger partial charge in [-0.3, -0.25) is 9.59 Å². The molecule has 1 saturated heterocycles. The lowest BCUT2D eigenvalue weighted by Crippen LogP contribution is -2.50. The highest BCUT2D eigenvalue weighted by Crippen LogP contribution is 2.22. The van der Waals surface area contributed by atoms with Gasteiger partial charge in [0.1, 0.15) is 0 Å². The summed E-state index contributed by atoms with van der Waals surface area (Å²) in [5, 5.41) is 3.76. The van der Waals surface area contributed by atoms with Gasteiger partial charge >= 0.3 is 0 Å². The van der Waals surface area contributed by atoms with E-state index in [2.05, 4.69) is 12.2 Å². The zero-order valence-electron chi connectivity index (χ0n) is 16.8. The smallest absolute Gasteiger partial charge is 0.253 e. The average molecular weight is 414 g/mol. The normalized spacial score (nSPS) is 14.5. The zero-order valence-corrected chi connectivity index (χ0v) is 17.6. The molecule has 2 aromatic carbocycles. The van der Waals surface area contributed by atoms with Crippen LogP contribution in [0.3, 0.4) is 0 Å². The fourth-order valence-electron chi connectivity index (χ4n) is 3.77. The molecule has 1 aliphatic rings. The Labute approximate surface area is 177 Å². The molecule has 6 heteroatoms. The molecule has 2 amide bonds. The van der Waals surface area contributed by atoms with Gasteiger partial charge in [0.2, 0.25) is 5.91 Å². The molecular formula is C23H28ClN3O2. The number of amides is 2. The van der Waals surface area contributed by atoms with Crippen molar-refractivity contribution in [3.8, 4) is 0 Å². The quantitative estimate of drug-likeness (QED) is 0.736. The molecule has 0 saturated carbocycles. The third-order valence-electron chi connectivity index (χ3n) is 5.30. The first-order valence-electron chi connectivity index (χ1n) is 10.2. The van der Waals surface area contributed by atoms with Crippen LogP contribution in [0.4, 0.5) is 5.69 Å². The number of piperidine rings is 1. The maximum Gasteiger partial charge on any atom is 0.253 e. The van der Waals surface area contributed by atoms with Crippen LogP contribution in [-0.4, -0.2) is 53.8 Å². The zero-order chi connectivity index (χ0) is 20.6. The largest absolute Gasteiger partial charge is 0.375 e. The third-order valence-corrected chi connectivity index (χ3v) is 5.63. The van der Waals surface area contributed by atoms with Crippen molar-refractivity contribution in [1.29, 1.82) is 0 Å². The predicted octanol–water partition coefficient (Wildman–Crippen LogP) is 4.30. The van der Waals surface area contributed by atoms with E-state index in [1.807, 2.05) is 58.3 Å². The number of benzene rings is 2. The highest BCUT2D eigenvalue weighted by molar-refractivity contribution is 6.33. The number of anilines is 1. The maximum atomic E-state index is 12.9. The lowest BCUT2D eigenvalue weighted by molar-refractivity contribution is -0.132. The van der Waals surface area contributed by atoms with Crippen LogP contribution in [0.2, 0.25) is 5.02 Å². The second-order valence-corrected chi connectivity index (χ2v) is 7.72. The Morgan fingerprint density at radius 3 is 2.38 bits per heavy atom. The van der Waals surface area contributed by atoms with E-state index in [9.17, 15) is 9.59 Å². The van der Waals surface area contributed by atoms with Gasteiger partial charge in [-0.25, -0.2) is 0 Å². The first-order chi connectivity index (χ1) is 14.1. The van der Waals surface area contributed by atoms with Crippen molar-refractivity contribution in [2.45, 2.75) is 32.2 Å². The number of nitrogens with one attached hydrogen (secondary N) is 1. The number of rotatable bonds is 7. The lowest BCUT2D eigenvalue weighted by Gasteiger charge is -2.38. The number of nitrogens with zero attached hydrogens (tertiary/aromatic N) is 2. The number of para-hydroxylation sites is 1. The van der Waals surface area contributed by atoms with E-state index in [1.54, 1.807) is 6.07 Å². The Kier molecular flexibility index (Phi) is 7.53. The van der Waals surface area contributed by atoms with Gasteiger partial charge in [-0.1, -0.05) is 48.9 Å². The maximum absolute atomic E-state index is 12.9. The van der Waals surface area contributed by atoms with Gasteiger partial charge in [-0.2, -0.15) is 0 Å². The van der Waals surface area contributed by atoms with Gasteiger partial charge in [-0.15, -0.1) is 0 Å². The molecule has 0 unspecified atom stereocenters. The molecule has 0 aliphatic carbocycles. The Balaban J connectivity index is 1.56. The summed E-state index contributed by atoms with van der Waals surface area (Å²) >= 11 is 6.17. The molecule has 1 fully saturated rings. The molecule has 1 heterocycles. The molecule has 1 aliphatic heterocycles. The fourth-order valence-corrected chi connectivity index (χ4v) is 3.98. The minimum absolute atomic E-state index is 0.0674. The number of hydrogen-bond donors (Lipinski definition) is 1. The summed E-state index contributed by atoms with van der Waals surface area (Å²) in [5.41, 5.74) is 1.48. The van der Waals surface area contributed by atoms with E-state index in [0.29, 0.717) is 18.1 Å². The Morgan fingerprint density at radius 2 is 1.72 bits per heavy atom.